The Hall–Kier alpha value is -1.79. The highest BCUT2D eigenvalue weighted by Gasteiger charge is 2.32. The van der Waals surface area contributed by atoms with E-state index in [2.05, 4.69) is 5.32 Å². The van der Waals surface area contributed by atoms with E-state index in [4.69, 9.17) is 0 Å². The molecule has 1 atom stereocenters. The molecule has 0 aliphatic heterocycles. The second-order valence-electron chi connectivity index (χ2n) is 6.11. The normalized spacial score (nSPS) is 17.8. The van der Waals surface area contributed by atoms with Crippen LogP contribution in [0.2, 0.25) is 0 Å². The average molecular weight is 330 g/mol. The maximum atomic E-state index is 12.7. The molecule has 2 rings (SSSR count). The first-order valence-corrected chi connectivity index (χ1v) is 7.81. The maximum absolute atomic E-state index is 12.7. The molecule has 1 saturated carbocycles. The molecule has 1 aliphatic carbocycles. The minimum atomic E-state index is -4.57. The highest BCUT2D eigenvalue weighted by Crippen LogP contribution is 2.29. The number of rotatable bonds is 3. The van der Waals surface area contributed by atoms with Crippen molar-refractivity contribution >= 4 is 5.91 Å². The molecule has 1 unspecified atom stereocenters. The Morgan fingerprint density at radius 3 is 2.39 bits per heavy atom. The minimum absolute atomic E-state index is 0.0872. The molecule has 1 heterocycles. The number of hydrogen-bond donors (Lipinski definition) is 1. The molecule has 0 saturated heterocycles. The van der Waals surface area contributed by atoms with Crippen LogP contribution in [-0.2, 0) is 11.0 Å². The number of hydrogen-bond acceptors (Lipinski definition) is 2. The van der Waals surface area contributed by atoms with E-state index in [1.807, 2.05) is 0 Å². The number of carbonyl (C=O) groups excluding carboxylic acids is 1. The number of alkyl halides is 3. The van der Waals surface area contributed by atoms with Gasteiger partial charge in [0.15, 0.2) is 0 Å². The second-order valence-corrected chi connectivity index (χ2v) is 6.11. The van der Waals surface area contributed by atoms with Crippen molar-refractivity contribution in [3.8, 4) is 0 Å². The van der Waals surface area contributed by atoms with Gasteiger partial charge in [-0.2, -0.15) is 13.2 Å². The predicted octanol–water partition coefficient (Wildman–Crippen LogP) is 3.19. The van der Waals surface area contributed by atoms with Crippen LogP contribution in [0.25, 0.3) is 0 Å². The van der Waals surface area contributed by atoms with E-state index in [-0.39, 0.29) is 17.6 Å². The number of carbonyl (C=O) groups is 1. The van der Waals surface area contributed by atoms with Gasteiger partial charge in [-0.05, 0) is 32.8 Å². The van der Waals surface area contributed by atoms with Gasteiger partial charge in [-0.3, -0.25) is 9.59 Å². The Bertz CT molecular complexity index is 631. The van der Waals surface area contributed by atoms with Crippen molar-refractivity contribution in [1.29, 1.82) is 0 Å². The fourth-order valence-electron chi connectivity index (χ4n) is 3.06. The number of pyridine rings is 1. The number of halogens is 3. The maximum Gasteiger partial charge on any atom is 0.416 e. The number of nitrogens with zero attached hydrogens (tertiary/aromatic N) is 1. The summed E-state index contributed by atoms with van der Waals surface area (Å²) in [6.45, 7) is 2.93. The molecule has 1 aromatic rings. The van der Waals surface area contributed by atoms with Crippen LogP contribution in [0.15, 0.2) is 16.9 Å². The monoisotopic (exact) mass is 330 g/mol. The van der Waals surface area contributed by atoms with Crippen molar-refractivity contribution in [2.45, 2.75) is 64.2 Å². The highest BCUT2D eigenvalue weighted by atomic mass is 19.4. The van der Waals surface area contributed by atoms with Crippen LogP contribution in [0.1, 0.15) is 56.3 Å². The Kier molecular flexibility index (Phi) is 5.16. The van der Waals surface area contributed by atoms with Crippen LogP contribution < -0.4 is 10.9 Å². The van der Waals surface area contributed by atoms with Crippen LogP contribution >= 0.6 is 0 Å². The van der Waals surface area contributed by atoms with E-state index < -0.39 is 23.3 Å². The van der Waals surface area contributed by atoms with Crippen molar-refractivity contribution in [2.24, 2.45) is 0 Å². The number of amides is 1. The van der Waals surface area contributed by atoms with Gasteiger partial charge in [0.2, 0.25) is 5.91 Å². The van der Waals surface area contributed by atoms with E-state index in [9.17, 15) is 22.8 Å². The van der Waals surface area contributed by atoms with Crippen molar-refractivity contribution in [3.63, 3.8) is 0 Å². The van der Waals surface area contributed by atoms with Gasteiger partial charge < -0.3 is 9.88 Å². The van der Waals surface area contributed by atoms with Crippen molar-refractivity contribution in [1.82, 2.24) is 9.88 Å². The van der Waals surface area contributed by atoms with E-state index in [1.165, 1.54) is 13.8 Å². The summed E-state index contributed by atoms with van der Waals surface area (Å²) in [5.41, 5.74) is -1.68. The first kappa shape index (κ1) is 17.6. The molecule has 23 heavy (non-hydrogen) atoms. The van der Waals surface area contributed by atoms with Gasteiger partial charge in [0, 0.05) is 17.8 Å². The van der Waals surface area contributed by atoms with E-state index in [0.29, 0.717) is 6.07 Å². The van der Waals surface area contributed by atoms with E-state index in [1.54, 1.807) is 0 Å². The Morgan fingerprint density at radius 1 is 1.26 bits per heavy atom. The smallest absolute Gasteiger partial charge is 0.352 e. The standard InChI is InChI=1S/C16H21F3N2O2/c1-10-8-12(16(17,18)19)9-14(22)21(10)11(2)15(23)20-13-6-4-3-5-7-13/h8-9,11,13H,3-7H2,1-2H3,(H,20,23). The number of aromatic nitrogens is 1. The Morgan fingerprint density at radius 2 is 1.87 bits per heavy atom. The summed E-state index contributed by atoms with van der Waals surface area (Å²) in [6.07, 6.45) is 0.492. The van der Waals surface area contributed by atoms with Crippen LogP contribution in [0.4, 0.5) is 13.2 Å². The molecular weight excluding hydrogens is 309 g/mol. The lowest BCUT2D eigenvalue weighted by atomic mass is 9.95. The largest absolute Gasteiger partial charge is 0.416 e. The first-order chi connectivity index (χ1) is 10.7. The molecule has 1 aromatic heterocycles. The summed E-state index contributed by atoms with van der Waals surface area (Å²) in [4.78, 5) is 24.3. The Labute approximate surface area is 132 Å². The lowest BCUT2D eigenvalue weighted by Gasteiger charge is -2.26. The summed E-state index contributed by atoms with van der Waals surface area (Å²) in [5, 5.41) is 2.90. The summed E-state index contributed by atoms with van der Waals surface area (Å²) < 4.78 is 39.3. The number of nitrogens with one attached hydrogen (secondary N) is 1. The highest BCUT2D eigenvalue weighted by molar-refractivity contribution is 5.80. The molecule has 0 spiro atoms. The van der Waals surface area contributed by atoms with Crippen LogP contribution in [-0.4, -0.2) is 16.5 Å². The summed E-state index contributed by atoms with van der Waals surface area (Å²) >= 11 is 0. The Balaban J connectivity index is 2.20. The van der Waals surface area contributed by atoms with Crippen molar-refractivity contribution in [2.75, 3.05) is 0 Å². The minimum Gasteiger partial charge on any atom is -0.352 e. The molecule has 1 N–H and O–H groups in total. The van der Waals surface area contributed by atoms with Crippen molar-refractivity contribution < 1.29 is 18.0 Å². The van der Waals surface area contributed by atoms with Crippen molar-refractivity contribution in [3.05, 3.63) is 33.7 Å². The molecule has 128 valence electrons. The SMILES string of the molecule is Cc1cc(C(F)(F)F)cc(=O)n1C(C)C(=O)NC1CCCCC1. The van der Waals surface area contributed by atoms with Gasteiger partial charge in [0.1, 0.15) is 6.04 Å². The lowest BCUT2D eigenvalue weighted by molar-refractivity contribution is -0.137. The average Bonchev–Trinajstić information content (AvgIpc) is 2.46. The molecule has 0 aromatic carbocycles. The van der Waals surface area contributed by atoms with E-state index in [0.717, 1.165) is 42.7 Å². The fourth-order valence-corrected chi connectivity index (χ4v) is 3.06. The third-order valence-corrected chi connectivity index (χ3v) is 4.31. The van der Waals surface area contributed by atoms with Gasteiger partial charge in [-0.15, -0.1) is 0 Å². The molecule has 1 amide bonds. The summed E-state index contributed by atoms with van der Waals surface area (Å²) in [7, 11) is 0. The zero-order valence-electron chi connectivity index (χ0n) is 13.2. The lowest BCUT2D eigenvalue weighted by Crippen LogP contribution is -2.42. The van der Waals surface area contributed by atoms with Gasteiger partial charge >= 0.3 is 6.18 Å². The molecule has 7 heteroatoms. The van der Waals surface area contributed by atoms with Crippen LogP contribution in [0, 0.1) is 6.92 Å². The predicted molar refractivity (Wildman–Crippen MR) is 80.2 cm³/mol. The van der Waals surface area contributed by atoms with Gasteiger partial charge in [-0.1, -0.05) is 19.3 Å². The topological polar surface area (TPSA) is 51.1 Å². The summed E-state index contributed by atoms with van der Waals surface area (Å²) in [6, 6.07) is 0.680. The second kappa shape index (κ2) is 6.76. The molecule has 1 aliphatic rings. The zero-order valence-corrected chi connectivity index (χ0v) is 13.2. The molecule has 0 bridgehead atoms. The third-order valence-electron chi connectivity index (χ3n) is 4.31. The zero-order chi connectivity index (χ0) is 17.2. The number of aryl methyl sites for hydroxylation is 1. The van der Waals surface area contributed by atoms with Gasteiger partial charge in [-0.25, -0.2) is 0 Å². The van der Waals surface area contributed by atoms with Crippen LogP contribution in [0.3, 0.4) is 0 Å². The first-order valence-electron chi connectivity index (χ1n) is 7.81. The quantitative estimate of drug-likeness (QED) is 0.925. The third kappa shape index (κ3) is 4.14. The summed E-state index contributed by atoms with van der Waals surface area (Å²) in [5.74, 6) is -0.332. The van der Waals surface area contributed by atoms with Crippen LogP contribution in [0.5, 0.6) is 0 Å². The van der Waals surface area contributed by atoms with Gasteiger partial charge in [0.25, 0.3) is 5.56 Å². The molecule has 4 nitrogen and oxygen atoms in total. The molecule has 1 fully saturated rings. The molecule has 0 radical (unpaired) electrons. The van der Waals surface area contributed by atoms with Gasteiger partial charge in [0.05, 0.1) is 5.56 Å². The van der Waals surface area contributed by atoms with E-state index >= 15 is 0 Å². The molecular formula is C16H21F3N2O2. The fraction of sp³-hybridized carbons (Fsp3) is 0.625.